The van der Waals surface area contributed by atoms with Gasteiger partial charge in [-0.05, 0) is 80.2 Å². The molecule has 0 aromatic rings. The average Bonchev–Trinajstić information content (AvgIpc) is 3.27. The summed E-state index contributed by atoms with van der Waals surface area (Å²) in [5.41, 5.74) is 0. The lowest BCUT2D eigenvalue weighted by Gasteiger charge is -2.44. The Morgan fingerprint density at radius 1 is 0.895 bits per heavy atom. The highest BCUT2D eigenvalue weighted by molar-refractivity contribution is 8.21. The molecule has 5 atom stereocenters. The van der Waals surface area contributed by atoms with Gasteiger partial charge in [-0.25, -0.2) is 0 Å². The van der Waals surface area contributed by atoms with Gasteiger partial charge in [0.05, 0.1) is 23.2 Å². The highest BCUT2D eigenvalue weighted by atomic mass is 32.2. The minimum atomic E-state index is -2.05. The van der Waals surface area contributed by atoms with Gasteiger partial charge >= 0.3 is 5.97 Å². The molecule has 0 saturated carbocycles. The molecule has 0 amide bonds. The smallest absolute Gasteiger partial charge is 0.310 e. The summed E-state index contributed by atoms with van der Waals surface area (Å²) in [6.45, 7) is 33.0. The van der Waals surface area contributed by atoms with Gasteiger partial charge in [-0.15, -0.1) is 23.5 Å². The first-order valence-electron chi connectivity index (χ1n) is 14.8. The second kappa shape index (κ2) is 14.1. The van der Waals surface area contributed by atoms with Crippen molar-refractivity contribution >= 4 is 46.1 Å². The fourth-order valence-corrected chi connectivity index (χ4v) is 10.7. The van der Waals surface area contributed by atoms with Gasteiger partial charge in [0.1, 0.15) is 0 Å². The maximum atomic E-state index is 12.7. The largest absolute Gasteiger partial charge is 0.469 e. The molecule has 4 nitrogen and oxygen atoms in total. The van der Waals surface area contributed by atoms with Crippen molar-refractivity contribution in [1.29, 1.82) is 0 Å². The third-order valence-corrected chi connectivity index (χ3v) is 22.6. The number of rotatable bonds is 14. The van der Waals surface area contributed by atoms with E-state index in [1.54, 1.807) is 0 Å². The van der Waals surface area contributed by atoms with E-state index in [2.05, 4.69) is 112 Å². The Labute approximate surface area is 247 Å². The molecule has 0 spiro atoms. The van der Waals surface area contributed by atoms with Gasteiger partial charge in [0.25, 0.3) is 0 Å². The van der Waals surface area contributed by atoms with Crippen molar-refractivity contribution in [3.8, 4) is 0 Å². The van der Waals surface area contributed by atoms with Gasteiger partial charge in [0.2, 0.25) is 0 Å². The molecule has 8 heteroatoms. The van der Waals surface area contributed by atoms with Gasteiger partial charge < -0.3 is 13.6 Å². The van der Waals surface area contributed by atoms with Crippen LogP contribution in [0.2, 0.25) is 36.3 Å². The Bertz CT molecular complexity index is 740. The highest BCUT2D eigenvalue weighted by Crippen LogP contribution is 2.54. The predicted octanol–water partition coefficient (Wildman–Crippen LogP) is 9.46. The van der Waals surface area contributed by atoms with Crippen LogP contribution in [0.1, 0.15) is 88.5 Å². The van der Waals surface area contributed by atoms with E-state index in [1.807, 2.05) is 6.92 Å². The first-order chi connectivity index (χ1) is 17.1. The standard InChI is InChI=1S/C30H62O4S2Si2/c1-22(21-33-37(12,13)28(5,6)7)16-17-30(35-18-19-36-30)24(3)20-23(2)26(25(4)27(31)32-11)34-38(14,15)29(8,9)10/h22-26H,16-21H2,1-15H3/t22-,23-,24+,25+,26-/m0/s1. The number of esters is 1. The summed E-state index contributed by atoms with van der Waals surface area (Å²) in [6.07, 6.45) is 3.32. The molecule has 0 unspecified atom stereocenters. The molecule has 0 N–H and O–H groups in total. The summed E-state index contributed by atoms with van der Waals surface area (Å²) in [6, 6.07) is 0. The summed E-state index contributed by atoms with van der Waals surface area (Å²) in [5, 5.41) is 0.341. The van der Waals surface area contributed by atoms with E-state index in [0.29, 0.717) is 11.8 Å². The van der Waals surface area contributed by atoms with Crippen LogP contribution in [0, 0.1) is 23.7 Å². The van der Waals surface area contributed by atoms with Crippen molar-refractivity contribution in [2.45, 2.75) is 135 Å². The maximum absolute atomic E-state index is 12.7. The third-order valence-electron chi connectivity index (χ3n) is 9.64. The van der Waals surface area contributed by atoms with Crippen molar-refractivity contribution < 1.29 is 18.4 Å². The molecule has 1 aliphatic heterocycles. The molecule has 0 aromatic heterocycles. The molecule has 1 aliphatic rings. The average molecular weight is 607 g/mol. The minimum absolute atomic E-state index is 0.0907. The van der Waals surface area contributed by atoms with Crippen LogP contribution in [0.15, 0.2) is 0 Å². The molecule has 1 saturated heterocycles. The summed E-state index contributed by atoms with van der Waals surface area (Å²) < 4.78 is 18.9. The van der Waals surface area contributed by atoms with Crippen LogP contribution in [0.5, 0.6) is 0 Å². The molecule has 0 radical (unpaired) electrons. The summed E-state index contributed by atoms with van der Waals surface area (Å²) >= 11 is 4.33. The number of methoxy groups -OCH3 is 1. The van der Waals surface area contributed by atoms with Crippen LogP contribution >= 0.6 is 23.5 Å². The molecule has 1 heterocycles. The fourth-order valence-electron chi connectivity index (χ4n) is 4.66. The number of hydrogen-bond donors (Lipinski definition) is 0. The zero-order valence-electron chi connectivity index (χ0n) is 27.6. The van der Waals surface area contributed by atoms with Crippen LogP contribution in [-0.2, 0) is 18.4 Å². The first-order valence-corrected chi connectivity index (χ1v) is 22.6. The van der Waals surface area contributed by atoms with Crippen LogP contribution in [0.25, 0.3) is 0 Å². The Balaban J connectivity index is 2.98. The van der Waals surface area contributed by atoms with Crippen molar-refractivity contribution in [3.63, 3.8) is 0 Å². The number of thioether (sulfide) groups is 2. The zero-order chi connectivity index (χ0) is 29.7. The van der Waals surface area contributed by atoms with E-state index in [1.165, 1.54) is 31.5 Å². The number of ether oxygens (including phenoxy) is 1. The lowest BCUT2D eigenvalue weighted by atomic mass is 9.84. The van der Waals surface area contributed by atoms with Crippen LogP contribution in [0.3, 0.4) is 0 Å². The lowest BCUT2D eigenvalue weighted by molar-refractivity contribution is -0.149. The van der Waals surface area contributed by atoms with Crippen LogP contribution in [0.4, 0.5) is 0 Å². The first kappa shape index (κ1) is 36.5. The number of carbonyl (C=O) groups is 1. The van der Waals surface area contributed by atoms with E-state index >= 15 is 0 Å². The second-order valence-electron chi connectivity index (χ2n) is 15.0. The minimum Gasteiger partial charge on any atom is -0.469 e. The highest BCUT2D eigenvalue weighted by Gasteiger charge is 2.46. The molecule has 0 aliphatic carbocycles. The Morgan fingerprint density at radius 2 is 1.39 bits per heavy atom. The Hall–Kier alpha value is 0.524. The third kappa shape index (κ3) is 9.82. The SMILES string of the molecule is COC(=O)[C@H](C)[C@@H](O[Si](C)(C)C(C)(C)C)[C@@H](C)C[C@@H](C)C1(CC[C@H](C)CO[Si](C)(C)C(C)(C)C)SCCS1. The van der Waals surface area contributed by atoms with Gasteiger partial charge in [0.15, 0.2) is 16.6 Å². The second-order valence-corrected chi connectivity index (χ2v) is 27.7. The van der Waals surface area contributed by atoms with E-state index in [-0.39, 0.29) is 38.1 Å². The monoisotopic (exact) mass is 606 g/mol. The van der Waals surface area contributed by atoms with Gasteiger partial charge in [-0.1, -0.05) is 62.3 Å². The summed E-state index contributed by atoms with van der Waals surface area (Å²) in [5.74, 6) is 3.36. The van der Waals surface area contributed by atoms with Crippen LogP contribution < -0.4 is 0 Å². The van der Waals surface area contributed by atoms with Gasteiger partial charge in [0, 0.05) is 18.1 Å². The topological polar surface area (TPSA) is 44.8 Å². The normalized spacial score (nSPS) is 21.0. The predicted molar refractivity (Wildman–Crippen MR) is 175 cm³/mol. The number of hydrogen-bond acceptors (Lipinski definition) is 6. The molecular weight excluding hydrogens is 545 g/mol. The van der Waals surface area contributed by atoms with Crippen molar-refractivity contribution in [2.75, 3.05) is 25.2 Å². The van der Waals surface area contributed by atoms with E-state index in [4.69, 9.17) is 13.6 Å². The van der Waals surface area contributed by atoms with Gasteiger partial charge in [-0.3, -0.25) is 4.79 Å². The zero-order valence-corrected chi connectivity index (χ0v) is 31.2. The molecule has 0 bridgehead atoms. The van der Waals surface area contributed by atoms with Crippen molar-refractivity contribution in [1.82, 2.24) is 0 Å². The summed E-state index contributed by atoms with van der Waals surface area (Å²) in [4.78, 5) is 12.7. The van der Waals surface area contributed by atoms with Gasteiger partial charge in [-0.2, -0.15) is 0 Å². The molecular formula is C30H62O4S2Si2. The molecule has 1 rings (SSSR count). The molecule has 38 heavy (non-hydrogen) atoms. The Morgan fingerprint density at radius 3 is 1.84 bits per heavy atom. The Kier molecular flexibility index (Phi) is 13.6. The van der Waals surface area contributed by atoms with Crippen molar-refractivity contribution in [2.24, 2.45) is 23.7 Å². The van der Waals surface area contributed by atoms with E-state index in [9.17, 15) is 4.79 Å². The quantitative estimate of drug-likeness (QED) is 0.145. The maximum Gasteiger partial charge on any atom is 0.310 e. The number of carbonyl (C=O) groups excluding carboxylic acids is 1. The van der Waals surface area contributed by atoms with E-state index in [0.717, 1.165) is 13.0 Å². The van der Waals surface area contributed by atoms with E-state index < -0.39 is 16.6 Å². The lowest BCUT2D eigenvalue weighted by Crippen LogP contribution is -2.49. The molecule has 1 fully saturated rings. The fraction of sp³-hybridized carbons (Fsp3) is 0.967. The molecule has 226 valence electrons. The molecule has 0 aromatic carbocycles. The van der Waals surface area contributed by atoms with Crippen LogP contribution in [-0.4, -0.2) is 58.0 Å². The van der Waals surface area contributed by atoms with Crippen molar-refractivity contribution in [3.05, 3.63) is 0 Å². The summed E-state index contributed by atoms with van der Waals surface area (Å²) in [7, 11) is -2.28.